The number of benzene rings is 2. The van der Waals surface area contributed by atoms with Crippen LogP contribution >= 0.6 is 0 Å². The van der Waals surface area contributed by atoms with E-state index in [0.29, 0.717) is 43.0 Å². The Balaban J connectivity index is 0.998. The first-order valence-electron chi connectivity index (χ1n) is 15.0. The van der Waals surface area contributed by atoms with Gasteiger partial charge < -0.3 is 30.4 Å². The molecule has 0 bridgehead atoms. The second kappa shape index (κ2) is 13.4. The molecule has 230 valence electrons. The first kappa shape index (κ1) is 29.5. The van der Waals surface area contributed by atoms with Crippen LogP contribution < -0.4 is 10.6 Å². The normalized spacial score (nSPS) is 18.0. The highest BCUT2D eigenvalue weighted by Crippen LogP contribution is 2.23. The molecule has 45 heavy (non-hydrogen) atoms. The van der Waals surface area contributed by atoms with Gasteiger partial charge in [0.2, 0.25) is 17.7 Å². The second-order valence-electron chi connectivity index (χ2n) is 11.2. The number of amides is 4. The molecule has 4 aromatic rings. The molecule has 2 aromatic heterocycles. The third-order valence-corrected chi connectivity index (χ3v) is 8.14. The molecular formula is C33H34N8O4. The van der Waals surface area contributed by atoms with Crippen molar-refractivity contribution in [1.29, 1.82) is 0 Å². The van der Waals surface area contributed by atoms with Crippen molar-refractivity contribution >= 4 is 47.2 Å². The summed E-state index contributed by atoms with van der Waals surface area (Å²) in [5.41, 5.74) is 4.31. The highest BCUT2D eigenvalue weighted by atomic mass is 16.2. The van der Waals surface area contributed by atoms with Crippen LogP contribution in [0.1, 0.15) is 53.0 Å². The quantitative estimate of drug-likeness (QED) is 0.213. The number of carbonyl (C=O) groups excluding carboxylic acids is 4. The third kappa shape index (κ3) is 7.01. The van der Waals surface area contributed by atoms with Crippen LogP contribution in [0.2, 0.25) is 0 Å². The van der Waals surface area contributed by atoms with Gasteiger partial charge in [-0.15, -0.1) is 0 Å². The number of imidazole rings is 2. The lowest BCUT2D eigenvalue weighted by molar-refractivity contribution is -0.136. The smallest absolute Gasteiger partial charge is 0.272 e. The number of anilines is 2. The fourth-order valence-electron chi connectivity index (χ4n) is 5.79. The van der Waals surface area contributed by atoms with Crippen LogP contribution in [0.3, 0.4) is 0 Å². The number of aromatic amines is 2. The molecule has 2 aliphatic rings. The van der Waals surface area contributed by atoms with Gasteiger partial charge >= 0.3 is 0 Å². The average molecular weight is 607 g/mol. The highest BCUT2D eigenvalue weighted by Gasteiger charge is 2.35. The summed E-state index contributed by atoms with van der Waals surface area (Å²) >= 11 is 0. The van der Waals surface area contributed by atoms with E-state index in [9.17, 15) is 19.2 Å². The lowest BCUT2D eigenvalue weighted by atomic mass is 10.1. The van der Waals surface area contributed by atoms with E-state index in [2.05, 4.69) is 30.6 Å². The molecular weight excluding hydrogens is 572 g/mol. The molecule has 0 aliphatic carbocycles. The number of rotatable bonds is 9. The number of likely N-dealkylation sites (tertiary alicyclic amines) is 2. The van der Waals surface area contributed by atoms with Crippen molar-refractivity contribution < 1.29 is 19.2 Å². The summed E-state index contributed by atoms with van der Waals surface area (Å²) in [6, 6.07) is 14.0. The summed E-state index contributed by atoms with van der Waals surface area (Å²) < 4.78 is 0. The Morgan fingerprint density at radius 3 is 1.80 bits per heavy atom. The average Bonchev–Trinajstić information content (AvgIpc) is 3.88. The molecule has 2 saturated heterocycles. The lowest BCUT2D eigenvalue weighted by Crippen LogP contribution is -2.43. The minimum absolute atomic E-state index is 0.0916. The van der Waals surface area contributed by atoms with E-state index in [1.165, 1.54) is 18.9 Å². The molecule has 12 heteroatoms. The molecule has 2 atom stereocenters. The van der Waals surface area contributed by atoms with E-state index in [0.717, 1.165) is 29.7 Å². The predicted molar refractivity (Wildman–Crippen MR) is 169 cm³/mol. The molecule has 4 N–H and O–H groups in total. The van der Waals surface area contributed by atoms with Gasteiger partial charge in [-0.3, -0.25) is 19.2 Å². The van der Waals surface area contributed by atoms with E-state index >= 15 is 0 Å². The van der Waals surface area contributed by atoms with Crippen LogP contribution in [0.4, 0.5) is 11.4 Å². The summed E-state index contributed by atoms with van der Waals surface area (Å²) in [4.78, 5) is 68.3. The monoisotopic (exact) mass is 606 g/mol. The van der Waals surface area contributed by atoms with Crippen molar-refractivity contribution in [3.63, 3.8) is 0 Å². The fourth-order valence-corrected chi connectivity index (χ4v) is 5.79. The number of nitrogens with zero attached hydrogens (tertiary/aromatic N) is 4. The van der Waals surface area contributed by atoms with Gasteiger partial charge in [-0.1, -0.05) is 36.4 Å². The number of hydrogen-bond donors (Lipinski definition) is 4. The maximum absolute atomic E-state index is 13.0. The van der Waals surface area contributed by atoms with E-state index in [1.807, 2.05) is 60.7 Å². The third-order valence-electron chi connectivity index (χ3n) is 8.14. The van der Waals surface area contributed by atoms with Crippen LogP contribution in [0.5, 0.6) is 0 Å². The lowest BCUT2D eigenvalue weighted by Gasteiger charge is -2.23. The summed E-state index contributed by atoms with van der Waals surface area (Å²) in [7, 11) is 0. The number of aromatic nitrogens is 4. The Bertz CT molecular complexity index is 1660. The Morgan fingerprint density at radius 1 is 0.733 bits per heavy atom. The summed E-state index contributed by atoms with van der Waals surface area (Å²) in [5, 5.41) is 5.88. The molecule has 4 heterocycles. The highest BCUT2D eigenvalue weighted by molar-refractivity contribution is 6.01. The zero-order valence-corrected chi connectivity index (χ0v) is 24.6. The van der Waals surface area contributed by atoms with Crippen molar-refractivity contribution in [3.05, 3.63) is 96.1 Å². The van der Waals surface area contributed by atoms with E-state index < -0.39 is 12.1 Å². The predicted octanol–water partition coefficient (Wildman–Crippen LogP) is 3.72. The fraction of sp³-hybridized carbons (Fsp3) is 0.273. The zero-order valence-electron chi connectivity index (χ0n) is 24.6. The van der Waals surface area contributed by atoms with Gasteiger partial charge in [0.15, 0.2) is 0 Å². The largest absolute Gasteiger partial charge is 0.348 e. The zero-order chi connectivity index (χ0) is 31.2. The maximum atomic E-state index is 13.0. The molecule has 0 spiro atoms. The van der Waals surface area contributed by atoms with Gasteiger partial charge in [0, 0.05) is 36.4 Å². The van der Waals surface area contributed by atoms with Crippen molar-refractivity contribution in [1.82, 2.24) is 29.7 Å². The van der Waals surface area contributed by atoms with Crippen molar-refractivity contribution in [2.45, 2.75) is 44.2 Å². The molecule has 2 aromatic carbocycles. The van der Waals surface area contributed by atoms with Gasteiger partial charge in [-0.25, -0.2) is 9.97 Å². The van der Waals surface area contributed by atoms with Crippen LogP contribution in [0, 0.1) is 0 Å². The molecule has 0 radical (unpaired) electrons. The minimum Gasteiger partial charge on any atom is -0.348 e. The maximum Gasteiger partial charge on any atom is 0.272 e. The Morgan fingerprint density at radius 2 is 1.27 bits per heavy atom. The number of H-pyrrole nitrogens is 2. The summed E-state index contributed by atoms with van der Waals surface area (Å²) in [6.07, 6.45) is 13.0. The number of nitrogens with one attached hydrogen (secondary N) is 4. The molecule has 12 nitrogen and oxygen atoms in total. The van der Waals surface area contributed by atoms with E-state index in [1.54, 1.807) is 16.0 Å². The molecule has 2 aliphatic heterocycles. The number of carbonyl (C=O) groups is 4. The molecule has 4 amide bonds. The first-order valence-corrected chi connectivity index (χ1v) is 15.0. The van der Waals surface area contributed by atoms with Crippen LogP contribution in [0.25, 0.3) is 12.2 Å². The molecule has 2 fully saturated rings. The summed E-state index contributed by atoms with van der Waals surface area (Å²) in [5.74, 6) is -0.718. The Labute approximate surface area is 259 Å². The van der Waals surface area contributed by atoms with Crippen LogP contribution in [-0.2, 0) is 20.8 Å². The van der Waals surface area contributed by atoms with Gasteiger partial charge in [-0.2, -0.15) is 0 Å². The van der Waals surface area contributed by atoms with Crippen molar-refractivity contribution in [2.75, 3.05) is 23.7 Å². The molecule has 0 saturated carbocycles. The van der Waals surface area contributed by atoms with Gasteiger partial charge in [0.25, 0.3) is 5.91 Å². The van der Waals surface area contributed by atoms with Crippen LogP contribution in [0.15, 0.2) is 73.6 Å². The Kier molecular flexibility index (Phi) is 8.81. The second-order valence-corrected chi connectivity index (χ2v) is 11.2. The van der Waals surface area contributed by atoms with E-state index in [4.69, 9.17) is 0 Å². The van der Waals surface area contributed by atoms with Crippen LogP contribution in [-0.4, -0.2) is 78.5 Å². The first-order chi connectivity index (χ1) is 21.9. The van der Waals surface area contributed by atoms with Crippen molar-refractivity contribution in [2.24, 2.45) is 0 Å². The minimum atomic E-state index is -0.528. The van der Waals surface area contributed by atoms with Gasteiger partial charge in [-0.05, 0) is 61.1 Å². The van der Waals surface area contributed by atoms with Gasteiger partial charge in [0.05, 0.1) is 25.3 Å². The Hall–Kier alpha value is -5.52. The molecule has 0 unspecified atom stereocenters. The molecule has 6 rings (SSSR count). The summed E-state index contributed by atoms with van der Waals surface area (Å²) in [6.45, 7) is 1.09. The van der Waals surface area contributed by atoms with Crippen molar-refractivity contribution in [3.8, 4) is 0 Å². The topological polar surface area (TPSA) is 156 Å². The standard InChI is InChI=1S/C33H34N8O4/c42-30(17-26-18-34-20-36-26)40-15-1-3-28(40)31(43)38-24-11-7-22(8-12-24)5-6-23-9-13-25(14-10-23)39-32(44)29-4-2-16-41(29)33(45)27-19-35-21-37-27/h5-14,18-21,28-29H,1-4,15-17H2,(H,34,36)(H,35,37)(H,38,43)(H,39,44)/t28-,29-/m0/s1. The number of hydrogen-bond acceptors (Lipinski definition) is 6. The van der Waals surface area contributed by atoms with E-state index in [-0.39, 0.29) is 30.0 Å². The SMILES string of the molecule is O=C(Nc1ccc(C=Cc2ccc(NC(=O)[C@@H]3CCCN3C(=O)c3cnc[nH]3)cc2)cc1)[C@@H]1CCCN1C(=O)Cc1cnc[nH]1. The van der Waals surface area contributed by atoms with Gasteiger partial charge in [0.1, 0.15) is 17.8 Å².